The molecule has 2 fully saturated rings. The quantitative estimate of drug-likeness (QED) is 0.723. The molecule has 1 saturated carbocycles. The Kier molecular flexibility index (Phi) is 5.27. The predicted octanol–water partition coefficient (Wildman–Crippen LogP) is 1.31. The van der Waals surface area contributed by atoms with E-state index in [1.54, 1.807) is 4.90 Å². The molecule has 8 nitrogen and oxygen atoms in total. The Balaban J connectivity index is 1.36. The van der Waals surface area contributed by atoms with Crippen LogP contribution in [0.4, 0.5) is 0 Å². The first-order valence-corrected chi connectivity index (χ1v) is 10.8. The van der Waals surface area contributed by atoms with Crippen molar-refractivity contribution in [2.75, 3.05) is 26.2 Å². The summed E-state index contributed by atoms with van der Waals surface area (Å²) in [6.07, 6.45) is 2.80. The van der Waals surface area contributed by atoms with Crippen molar-refractivity contribution in [2.45, 2.75) is 24.7 Å². The molecule has 28 heavy (non-hydrogen) atoms. The third-order valence-corrected chi connectivity index (χ3v) is 7.32. The maximum atomic E-state index is 12.7. The van der Waals surface area contributed by atoms with E-state index in [2.05, 4.69) is 9.97 Å². The summed E-state index contributed by atoms with van der Waals surface area (Å²) in [5, 5.41) is -0.221. The zero-order valence-electron chi connectivity index (χ0n) is 15.4. The number of piperazine rings is 1. The van der Waals surface area contributed by atoms with Crippen LogP contribution in [-0.2, 0) is 16.6 Å². The molecule has 0 atom stereocenters. The van der Waals surface area contributed by atoms with E-state index < -0.39 is 10.0 Å². The monoisotopic (exact) mass is 402 g/mol. The molecule has 1 aromatic heterocycles. The molecular formula is C19H22N4O4S. The van der Waals surface area contributed by atoms with Gasteiger partial charge in [0.15, 0.2) is 0 Å². The molecule has 148 valence electrons. The first-order valence-electron chi connectivity index (χ1n) is 9.31. The maximum Gasteiger partial charge on any atom is 0.272 e. The molecule has 4 rings (SSSR count). The molecular weight excluding hydrogens is 380 g/mol. The molecule has 2 aliphatic rings. The highest BCUT2D eigenvalue weighted by Gasteiger charge is 2.41. The van der Waals surface area contributed by atoms with Crippen molar-refractivity contribution in [3.8, 4) is 5.88 Å². The maximum absolute atomic E-state index is 12.7. The molecule has 9 heteroatoms. The Morgan fingerprint density at radius 2 is 1.79 bits per heavy atom. The van der Waals surface area contributed by atoms with Crippen LogP contribution in [0.1, 0.15) is 28.9 Å². The Morgan fingerprint density at radius 1 is 1.07 bits per heavy atom. The second kappa shape index (κ2) is 7.84. The van der Waals surface area contributed by atoms with Gasteiger partial charge < -0.3 is 9.64 Å². The summed E-state index contributed by atoms with van der Waals surface area (Å²) in [5.41, 5.74) is 1.25. The summed E-state index contributed by atoms with van der Waals surface area (Å²) in [6.45, 7) is 1.72. The van der Waals surface area contributed by atoms with Crippen LogP contribution in [0.2, 0.25) is 0 Å². The van der Waals surface area contributed by atoms with E-state index in [-0.39, 0.29) is 16.9 Å². The van der Waals surface area contributed by atoms with E-state index in [1.807, 2.05) is 30.3 Å². The molecule has 2 aromatic rings. The molecule has 0 radical (unpaired) electrons. The summed E-state index contributed by atoms with van der Waals surface area (Å²) in [4.78, 5) is 22.5. The molecule has 0 unspecified atom stereocenters. The van der Waals surface area contributed by atoms with Crippen LogP contribution in [0.25, 0.3) is 0 Å². The predicted molar refractivity (Wildman–Crippen MR) is 102 cm³/mol. The number of benzene rings is 1. The minimum Gasteiger partial charge on any atom is -0.473 e. The number of nitrogens with zero attached hydrogens (tertiary/aromatic N) is 4. The minimum absolute atomic E-state index is 0.221. The lowest BCUT2D eigenvalue weighted by atomic mass is 10.2. The SMILES string of the molecule is O=C(c1cc(OCc2ccccc2)ncn1)N1CCN(S(=O)(=O)C2CC2)CC1. The van der Waals surface area contributed by atoms with E-state index in [0.29, 0.717) is 38.7 Å². The smallest absolute Gasteiger partial charge is 0.272 e. The zero-order valence-corrected chi connectivity index (χ0v) is 16.2. The van der Waals surface area contributed by atoms with Crippen LogP contribution >= 0.6 is 0 Å². The van der Waals surface area contributed by atoms with E-state index in [9.17, 15) is 13.2 Å². The van der Waals surface area contributed by atoms with E-state index >= 15 is 0 Å². The number of aromatic nitrogens is 2. The van der Waals surface area contributed by atoms with Gasteiger partial charge in [-0.15, -0.1) is 0 Å². The van der Waals surface area contributed by atoms with Gasteiger partial charge in [0, 0.05) is 32.2 Å². The van der Waals surface area contributed by atoms with Gasteiger partial charge in [-0.3, -0.25) is 4.79 Å². The van der Waals surface area contributed by atoms with Gasteiger partial charge in [-0.25, -0.2) is 18.4 Å². The number of carbonyl (C=O) groups is 1. The fourth-order valence-corrected chi connectivity index (χ4v) is 4.98. The fourth-order valence-electron chi connectivity index (χ4n) is 3.15. The topological polar surface area (TPSA) is 92.7 Å². The Hall–Kier alpha value is -2.52. The van der Waals surface area contributed by atoms with Crippen LogP contribution in [0.5, 0.6) is 5.88 Å². The fraction of sp³-hybridized carbons (Fsp3) is 0.421. The zero-order chi connectivity index (χ0) is 19.6. The summed E-state index contributed by atoms with van der Waals surface area (Å²) >= 11 is 0. The molecule has 0 bridgehead atoms. The summed E-state index contributed by atoms with van der Waals surface area (Å²) in [5.74, 6) is 0.0904. The number of sulfonamides is 1. The average molecular weight is 402 g/mol. The molecule has 1 amide bonds. The molecule has 1 aliphatic heterocycles. The van der Waals surface area contributed by atoms with E-state index in [4.69, 9.17) is 4.74 Å². The van der Waals surface area contributed by atoms with Gasteiger partial charge in [-0.2, -0.15) is 4.31 Å². The number of hydrogen-bond acceptors (Lipinski definition) is 6. The Bertz CT molecular complexity index is 939. The summed E-state index contributed by atoms with van der Waals surface area (Å²) in [7, 11) is -3.19. The first-order chi connectivity index (χ1) is 13.5. The normalized spacial score (nSPS) is 18.1. The van der Waals surface area contributed by atoms with Gasteiger partial charge in [0.1, 0.15) is 18.6 Å². The molecule has 0 spiro atoms. The molecule has 1 aromatic carbocycles. The molecule has 0 N–H and O–H groups in total. The number of ether oxygens (including phenoxy) is 1. The van der Waals surface area contributed by atoms with Crippen molar-refractivity contribution in [3.63, 3.8) is 0 Å². The highest BCUT2D eigenvalue weighted by atomic mass is 32.2. The minimum atomic E-state index is -3.19. The van der Waals surface area contributed by atoms with E-state index in [1.165, 1.54) is 16.7 Å². The van der Waals surface area contributed by atoms with Crippen LogP contribution in [0.3, 0.4) is 0 Å². The lowest BCUT2D eigenvalue weighted by Gasteiger charge is -2.33. The van der Waals surface area contributed by atoms with Gasteiger partial charge in [-0.1, -0.05) is 30.3 Å². The largest absolute Gasteiger partial charge is 0.473 e. The van der Waals surface area contributed by atoms with Crippen molar-refractivity contribution in [1.82, 2.24) is 19.2 Å². The first kappa shape index (κ1) is 18.8. The van der Waals surface area contributed by atoms with Gasteiger partial charge in [0.25, 0.3) is 5.91 Å². The summed E-state index contributed by atoms with van der Waals surface area (Å²) in [6, 6.07) is 11.2. The van der Waals surface area contributed by atoms with Crippen molar-refractivity contribution >= 4 is 15.9 Å². The second-order valence-corrected chi connectivity index (χ2v) is 9.16. The van der Waals surface area contributed by atoms with Crippen molar-refractivity contribution < 1.29 is 17.9 Å². The summed E-state index contributed by atoms with van der Waals surface area (Å²) < 4.78 is 31.8. The second-order valence-electron chi connectivity index (χ2n) is 6.95. The highest BCUT2D eigenvalue weighted by Crippen LogP contribution is 2.31. The van der Waals surface area contributed by atoms with Gasteiger partial charge in [-0.05, 0) is 18.4 Å². The Labute approximate surface area is 164 Å². The standard InChI is InChI=1S/C19H22N4O4S/c24-19(22-8-10-23(11-9-22)28(25,26)16-6-7-16)17-12-18(21-14-20-17)27-13-15-4-2-1-3-5-15/h1-5,12,14,16H,6-11,13H2. The van der Waals surface area contributed by atoms with Gasteiger partial charge >= 0.3 is 0 Å². The average Bonchev–Trinajstić information content (AvgIpc) is 3.59. The van der Waals surface area contributed by atoms with Crippen LogP contribution in [0, 0.1) is 0 Å². The van der Waals surface area contributed by atoms with Crippen LogP contribution < -0.4 is 4.74 Å². The molecule has 2 heterocycles. The van der Waals surface area contributed by atoms with Crippen molar-refractivity contribution in [1.29, 1.82) is 0 Å². The van der Waals surface area contributed by atoms with Crippen molar-refractivity contribution in [2.24, 2.45) is 0 Å². The number of hydrogen-bond donors (Lipinski definition) is 0. The van der Waals surface area contributed by atoms with Gasteiger partial charge in [0.2, 0.25) is 15.9 Å². The third kappa shape index (κ3) is 4.15. The number of rotatable bonds is 6. The van der Waals surface area contributed by atoms with Crippen LogP contribution in [-0.4, -0.2) is 64.9 Å². The molecule has 1 aliphatic carbocycles. The van der Waals surface area contributed by atoms with Crippen LogP contribution in [0.15, 0.2) is 42.7 Å². The molecule has 1 saturated heterocycles. The Morgan fingerprint density at radius 3 is 2.46 bits per heavy atom. The lowest BCUT2D eigenvalue weighted by Crippen LogP contribution is -2.51. The number of carbonyl (C=O) groups excluding carboxylic acids is 1. The third-order valence-electron chi connectivity index (χ3n) is 4.92. The van der Waals surface area contributed by atoms with Gasteiger partial charge in [0.05, 0.1) is 5.25 Å². The van der Waals surface area contributed by atoms with E-state index in [0.717, 1.165) is 18.4 Å². The van der Waals surface area contributed by atoms with Crippen molar-refractivity contribution in [3.05, 3.63) is 54.0 Å². The highest BCUT2D eigenvalue weighted by molar-refractivity contribution is 7.90. The number of amides is 1. The lowest BCUT2D eigenvalue weighted by molar-refractivity contribution is 0.0691.